The fourth-order valence-electron chi connectivity index (χ4n) is 1.42. The number of hydrogen-bond donors (Lipinski definition) is 0. The molecule has 0 saturated heterocycles. The zero-order chi connectivity index (χ0) is 11.7. The summed E-state index contributed by atoms with van der Waals surface area (Å²) in [4.78, 5) is 0. The van der Waals surface area contributed by atoms with Gasteiger partial charge in [0.25, 0.3) is 0 Å². The molecule has 0 aromatic heterocycles. The van der Waals surface area contributed by atoms with Crippen molar-refractivity contribution in [3.63, 3.8) is 0 Å². The molecule has 0 atom stereocenters. The standard InChI is InChI=1S/C9H13B3F2O/c1-3(2)15-9-6(12)4(10)5(11)7(13)8(9)14/h3H,10-12H2,1-2H3. The molecule has 0 N–H and O–H groups in total. The quantitative estimate of drug-likeness (QED) is 0.489. The molecule has 0 saturated carbocycles. The highest BCUT2D eigenvalue weighted by atomic mass is 19.2. The summed E-state index contributed by atoms with van der Waals surface area (Å²) in [6.07, 6.45) is -0.167. The molecule has 0 bridgehead atoms. The summed E-state index contributed by atoms with van der Waals surface area (Å²) >= 11 is 0. The van der Waals surface area contributed by atoms with E-state index < -0.39 is 11.6 Å². The zero-order valence-corrected chi connectivity index (χ0v) is 9.74. The van der Waals surface area contributed by atoms with Gasteiger partial charge in [0, 0.05) is 0 Å². The lowest BCUT2D eigenvalue weighted by atomic mass is 9.71. The lowest BCUT2D eigenvalue weighted by Crippen LogP contribution is -2.43. The van der Waals surface area contributed by atoms with Crippen molar-refractivity contribution in [2.24, 2.45) is 0 Å². The van der Waals surface area contributed by atoms with Gasteiger partial charge in [0.2, 0.25) is 0 Å². The molecule has 6 heteroatoms. The van der Waals surface area contributed by atoms with Crippen molar-refractivity contribution in [1.29, 1.82) is 0 Å². The van der Waals surface area contributed by atoms with Crippen molar-refractivity contribution in [3.8, 4) is 5.75 Å². The highest BCUT2D eigenvalue weighted by Crippen LogP contribution is 2.15. The average molecular weight is 208 g/mol. The van der Waals surface area contributed by atoms with Gasteiger partial charge in [0.05, 0.1) is 6.10 Å². The van der Waals surface area contributed by atoms with E-state index in [0.717, 1.165) is 5.46 Å². The van der Waals surface area contributed by atoms with E-state index in [0.29, 0.717) is 10.9 Å². The maximum Gasteiger partial charge on any atom is 0.199 e. The maximum absolute atomic E-state index is 13.6. The maximum atomic E-state index is 13.6. The van der Waals surface area contributed by atoms with Crippen molar-refractivity contribution < 1.29 is 13.5 Å². The Morgan fingerprint density at radius 3 is 1.93 bits per heavy atom. The zero-order valence-electron chi connectivity index (χ0n) is 9.74. The molecule has 0 unspecified atom stereocenters. The van der Waals surface area contributed by atoms with Gasteiger partial charge in [-0.05, 0) is 13.8 Å². The Kier molecular flexibility index (Phi) is 3.48. The molecular weight excluding hydrogens is 195 g/mol. The third-order valence-corrected chi connectivity index (χ3v) is 2.54. The summed E-state index contributed by atoms with van der Waals surface area (Å²) in [5.41, 5.74) is 1.76. The van der Waals surface area contributed by atoms with E-state index in [1.54, 1.807) is 37.4 Å². The minimum Gasteiger partial charge on any atom is -0.488 e. The van der Waals surface area contributed by atoms with Crippen molar-refractivity contribution in [2.45, 2.75) is 20.0 Å². The van der Waals surface area contributed by atoms with Crippen LogP contribution in [0.4, 0.5) is 8.78 Å². The van der Waals surface area contributed by atoms with Crippen molar-refractivity contribution in [3.05, 3.63) is 11.6 Å². The highest BCUT2D eigenvalue weighted by molar-refractivity contribution is 6.58. The molecule has 0 spiro atoms. The van der Waals surface area contributed by atoms with Crippen molar-refractivity contribution in [1.82, 2.24) is 0 Å². The number of hydrogen-bond acceptors (Lipinski definition) is 1. The van der Waals surface area contributed by atoms with Crippen LogP contribution < -0.4 is 21.1 Å². The predicted octanol–water partition coefficient (Wildman–Crippen LogP) is -2.47. The summed E-state index contributed by atoms with van der Waals surface area (Å²) in [6, 6.07) is 0. The van der Waals surface area contributed by atoms with Gasteiger partial charge in [-0.15, -0.1) is 0 Å². The summed E-state index contributed by atoms with van der Waals surface area (Å²) in [6.45, 7) is 3.57. The monoisotopic (exact) mass is 208 g/mol. The Morgan fingerprint density at radius 1 is 0.933 bits per heavy atom. The normalized spacial score (nSPS) is 10.7. The summed E-state index contributed by atoms with van der Waals surface area (Å²) < 4.78 is 32.3. The Hall–Kier alpha value is -0.925. The van der Waals surface area contributed by atoms with Gasteiger partial charge in [-0.2, -0.15) is 4.39 Å². The third kappa shape index (κ3) is 2.19. The largest absolute Gasteiger partial charge is 0.488 e. The summed E-state index contributed by atoms with van der Waals surface area (Å²) in [7, 11) is 5.07. The fourth-order valence-corrected chi connectivity index (χ4v) is 1.42. The molecule has 1 nitrogen and oxygen atoms in total. The van der Waals surface area contributed by atoms with Gasteiger partial charge < -0.3 is 4.74 Å². The topological polar surface area (TPSA) is 9.23 Å². The molecule has 1 aromatic rings. The molecule has 1 rings (SSSR count). The van der Waals surface area contributed by atoms with Crippen LogP contribution in [-0.2, 0) is 0 Å². The van der Waals surface area contributed by atoms with E-state index in [-0.39, 0.29) is 11.9 Å². The molecule has 0 radical (unpaired) electrons. The van der Waals surface area contributed by atoms with E-state index in [9.17, 15) is 8.78 Å². The molecule has 0 aliphatic carbocycles. The van der Waals surface area contributed by atoms with Gasteiger partial charge in [-0.3, -0.25) is 0 Å². The Balaban J connectivity index is 3.39. The SMILES string of the molecule is Bc1c(B)c(F)c(F)c(OC(C)C)c1B. The van der Waals surface area contributed by atoms with Crippen LogP contribution in [-0.4, -0.2) is 29.6 Å². The molecule has 0 aliphatic heterocycles. The van der Waals surface area contributed by atoms with Crippen LogP contribution in [0, 0.1) is 11.6 Å². The molecule has 1 aromatic carbocycles. The van der Waals surface area contributed by atoms with Crippen LogP contribution in [0.3, 0.4) is 0 Å². The minimum atomic E-state index is -0.885. The Bertz CT molecular complexity index is 364. The second-order valence-electron chi connectivity index (χ2n) is 4.00. The molecule has 0 fully saturated rings. The number of rotatable bonds is 2. The van der Waals surface area contributed by atoms with E-state index in [4.69, 9.17) is 4.74 Å². The number of ether oxygens (including phenoxy) is 1. The van der Waals surface area contributed by atoms with E-state index in [1.165, 1.54) is 0 Å². The molecule has 0 aliphatic rings. The lowest BCUT2D eigenvalue weighted by Gasteiger charge is -2.17. The molecular formula is C9H13B3F2O. The second-order valence-corrected chi connectivity index (χ2v) is 4.00. The highest BCUT2D eigenvalue weighted by Gasteiger charge is 2.18. The van der Waals surface area contributed by atoms with Crippen LogP contribution in [0.1, 0.15) is 13.8 Å². The van der Waals surface area contributed by atoms with Gasteiger partial charge in [0.15, 0.2) is 17.4 Å². The van der Waals surface area contributed by atoms with E-state index in [1.807, 2.05) is 0 Å². The number of benzene rings is 1. The van der Waals surface area contributed by atoms with Crippen LogP contribution in [0.25, 0.3) is 0 Å². The molecule has 0 amide bonds. The Morgan fingerprint density at radius 2 is 1.47 bits per heavy atom. The van der Waals surface area contributed by atoms with E-state index in [2.05, 4.69) is 0 Å². The first-order chi connectivity index (χ1) is 6.86. The van der Waals surface area contributed by atoms with Crippen molar-refractivity contribution >= 4 is 39.9 Å². The minimum absolute atomic E-state index is 0.0330. The summed E-state index contributed by atoms with van der Waals surface area (Å²) in [5.74, 6) is -1.66. The number of halogens is 2. The van der Waals surface area contributed by atoms with E-state index >= 15 is 0 Å². The molecule has 15 heavy (non-hydrogen) atoms. The van der Waals surface area contributed by atoms with Crippen LogP contribution in [0.5, 0.6) is 5.75 Å². The van der Waals surface area contributed by atoms with Gasteiger partial charge in [0.1, 0.15) is 23.5 Å². The van der Waals surface area contributed by atoms with Crippen LogP contribution >= 0.6 is 0 Å². The molecule has 0 heterocycles. The summed E-state index contributed by atoms with van der Waals surface area (Å²) in [5, 5.41) is 0. The van der Waals surface area contributed by atoms with Gasteiger partial charge in [-0.25, -0.2) is 4.39 Å². The molecule has 78 valence electrons. The van der Waals surface area contributed by atoms with Crippen molar-refractivity contribution in [2.75, 3.05) is 0 Å². The van der Waals surface area contributed by atoms with Crippen LogP contribution in [0.15, 0.2) is 0 Å². The third-order valence-electron chi connectivity index (χ3n) is 2.54. The second kappa shape index (κ2) is 4.29. The Labute approximate surface area is 91.4 Å². The predicted molar refractivity (Wildman–Crippen MR) is 66.7 cm³/mol. The fraction of sp³-hybridized carbons (Fsp3) is 0.333. The average Bonchev–Trinajstić information content (AvgIpc) is 2.18. The van der Waals surface area contributed by atoms with Gasteiger partial charge in [-0.1, -0.05) is 16.4 Å². The first kappa shape index (κ1) is 12.1. The first-order valence-corrected chi connectivity index (χ1v) is 4.97. The smallest absolute Gasteiger partial charge is 0.199 e. The van der Waals surface area contributed by atoms with Crippen LogP contribution in [0.2, 0.25) is 0 Å². The van der Waals surface area contributed by atoms with Gasteiger partial charge >= 0.3 is 0 Å². The first-order valence-electron chi connectivity index (χ1n) is 4.97. The lowest BCUT2D eigenvalue weighted by molar-refractivity contribution is 0.230.